The molecule has 1 aliphatic rings. The number of hydrogen-bond donors (Lipinski definition) is 2. The number of aliphatic imine (C=N–C) groups is 1. The van der Waals surface area contributed by atoms with Crippen molar-refractivity contribution in [2.24, 2.45) is 4.99 Å². The molecule has 0 amide bonds. The third kappa shape index (κ3) is 7.66. The van der Waals surface area contributed by atoms with Crippen LogP contribution in [0.2, 0.25) is 0 Å². The number of ether oxygens (including phenoxy) is 2. The van der Waals surface area contributed by atoms with E-state index in [4.69, 9.17) is 9.47 Å². The number of nitrogens with zero attached hydrogens (tertiary/aromatic N) is 2. The predicted molar refractivity (Wildman–Crippen MR) is 97.8 cm³/mol. The molecule has 0 radical (unpaired) electrons. The maximum Gasteiger partial charge on any atom is 0.191 e. The zero-order valence-electron chi connectivity index (χ0n) is 14.7. The van der Waals surface area contributed by atoms with Crippen LogP contribution in [0.3, 0.4) is 0 Å². The van der Waals surface area contributed by atoms with Gasteiger partial charge in [0, 0.05) is 32.7 Å². The number of rotatable bonds is 9. The molecule has 6 nitrogen and oxygen atoms in total. The minimum atomic E-state index is 0.613. The summed E-state index contributed by atoms with van der Waals surface area (Å²) in [5.41, 5.74) is 0. The summed E-state index contributed by atoms with van der Waals surface area (Å²) in [5.74, 6) is 1.75. The topological polar surface area (TPSA) is 58.1 Å². The van der Waals surface area contributed by atoms with Crippen LogP contribution in [0.4, 0.5) is 0 Å². The van der Waals surface area contributed by atoms with E-state index in [-0.39, 0.29) is 0 Å². The number of benzene rings is 1. The molecule has 2 N–H and O–H groups in total. The van der Waals surface area contributed by atoms with Gasteiger partial charge in [-0.25, -0.2) is 0 Å². The Morgan fingerprint density at radius 3 is 2.75 bits per heavy atom. The first-order chi connectivity index (χ1) is 11.9. The summed E-state index contributed by atoms with van der Waals surface area (Å²) >= 11 is 0. The molecule has 1 aliphatic heterocycles. The molecule has 1 heterocycles. The molecular weight excluding hydrogens is 304 g/mol. The number of para-hydroxylation sites is 1. The van der Waals surface area contributed by atoms with Gasteiger partial charge in [0.2, 0.25) is 0 Å². The van der Waals surface area contributed by atoms with Gasteiger partial charge in [0.15, 0.2) is 5.96 Å². The van der Waals surface area contributed by atoms with Crippen LogP contribution in [0.1, 0.15) is 13.3 Å². The molecule has 1 fully saturated rings. The third-order valence-electron chi connectivity index (χ3n) is 3.76. The summed E-state index contributed by atoms with van der Waals surface area (Å²) in [4.78, 5) is 7.06. The van der Waals surface area contributed by atoms with Crippen molar-refractivity contribution in [1.82, 2.24) is 15.5 Å². The summed E-state index contributed by atoms with van der Waals surface area (Å²) in [5, 5.41) is 6.58. The molecule has 0 saturated carbocycles. The van der Waals surface area contributed by atoms with Crippen LogP contribution in [-0.4, -0.2) is 69.9 Å². The molecule has 0 atom stereocenters. The Morgan fingerprint density at radius 1 is 1.21 bits per heavy atom. The van der Waals surface area contributed by atoms with Gasteiger partial charge in [-0.3, -0.25) is 9.89 Å². The van der Waals surface area contributed by atoms with E-state index in [0.717, 1.165) is 70.6 Å². The van der Waals surface area contributed by atoms with Gasteiger partial charge in [-0.2, -0.15) is 0 Å². The lowest BCUT2D eigenvalue weighted by Gasteiger charge is -2.26. The van der Waals surface area contributed by atoms with Gasteiger partial charge in [-0.05, 0) is 25.5 Å². The number of guanidine groups is 1. The highest BCUT2D eigenvalue weighted by molar-refractivity contribution is 5.79. The minimum Gasteiger partial charge on any atom is -0.492 e. The average Bonchev–Trinajstić information content (AvgIpc) is 2.64. The molecule has 0 aliphatic carbocycles. The van der Waals surface area contributed by atoms with Crippen LogP contribution < -0.4 is 15.4 Å². The molecule has 0 bridgehead atoms. The smallest absolute Gasteiger partial charge is 0.191 e. The summed E-state index contributed by atoms with van der Waals surface area (Å²) in [6, 6.07) is 9.86. The maximum absolute atomic E-state index is 5.68. The van der Waals surface area contributed by atoms with Crippen LogP contribution in [0, 0.1) is 0 Å². The third-order valence-corrected chi connectivity index (χ3v) is 3.76. The Bertz CT molecular complexity index is 461. The van der Waals surface area contributed by atoms with Crippen LogP contribution in [0.15, 0.2) is 35.3 Å². The van der Waals surface area contributed by atoms with Crippen molar-refractivity contribution in [3.05, 3.63) is 30.3 Å². The fourth-order valence-electron chi connectivity index (χ4n) is 2.51. The molecule has 0 spiro atoms. The molecule has 0 aromatic heterocycles. The number of nitrogens with one attached hydrogen (secondary N) is 2. The molecule has 134 valence electrons. The first-order valence-corrected chi connectivity index (χ1v) is 8.88. The average molecular weight is 334 g/mol. The van der Waals surface area contributed by atoms with Crippen LogP contribution >= 0.6 is 0 Å². The van der Waals surface area contributed by atoms with Gasteiger partial charge in [0.25, 0.3) is 0 Å². The second kappa shape index (κ2) is 11.7. The van der Waals surface area contributed by atoms with E-state index in [0.29, 0.717) is 6.61 Å². The lowest BCUT2D eigenvalue weighted by Crippen LogP contribution is -2.39. The Hall–Kier alpha value is -1.79. The van der Waals surface area contributed by atoms with E-state index in [1.165, 1.54) is 0 Å². The van der Waals surface area contributed by atoms with Gasteiger partial charge in [-0.1, -0.05) is 18.2 Å². The molecule has 1 aromatic carbocycles. The van der Waals surface area contributed by atoms with E-state index < -0.39 is 0 Å². The van der Waals surface area contributed by atoms with Crippen molar-refractivity contribution in [1.29, 1.82) is 0 Å². The molecule has 0 unspecified atom stereocenters. The van der Waals surface area contributed by atoms with Gasteiger partial charge < -0.3 is 20.1 Å². The first kappa shape index (κ1) is 18.5. The van der Waals surface area contributed by atoms with Crippen molar-refractivity contribution in [3.63, 3.8) is 0 Å². The van der Waals surface area contributed by atoms with Crippen LogP contribution in [0.25, 0.3) is 0 Å². The van der Waals surface area contributed by atoms with Gasteiger partial charge >= 0.3 is 0 Å². The van der Waals surface area contributed by atoms with Gasteiger partial charge in [-0.15, -0.1) is 0 Å². The molecular formula is C18H30N4O2. The highest BCUT2D eigenvalue weighted by atomic mass is 16.5. The standard InChI is InChI=1S/C18H30N4O2/c1-2-19-18(20-9-6-11-22-12-15-23-16-13-22)21-10-14-24-17-7-4-3-5-8-17/h3-5,7-8H,2,6,9-16H2,1H3,(H2,19,20,21). The molecule has 1 aromatic rings. The predicted octanol–water partition coefficient (Wildman–Crippen LogP) is 1.34. The van der Waals surface area contributed by atoms with Crippen molar-refractivity contribution < 1.29 is 9.47 Å². The molecule has 6 heteroatoms. The SMILES string of the molecule is CCNC(=NCCCN1CCOCC1)NCCOc1ccccc1. The lowest BCUT2D eigenvalue weighted by molar-refractivity contribution is 0.0377. The first-order valence-electron chi connectivity index (χ1n) is 8.88. The van der Waals surface area contributed by atoms with Crippen molar-refractivity contribution in [2.45, 2.75) is 13.3 Å². The second-order valence-corrected chi connectivity index (χ2v) is 5.66. The Morgan fingerprint density at radius 2 is 2.00 bits per heavy atom. The van der Waals surface area contributed by atoms with E-state index in [2.05, 4.69) is 27.4 Å². The van der Waals surface area contributed by atoms with E-state index in [1.807, 2.05) is 30.3 Å². The Kier molecular flexibility index (Phi) is 9.04. The molecule has 1 saturated heterocycles. The summed E-state index contributed by atoms with van der Waals surface area (Å²) in [6.45, 7) is 9.98. The van der Waals surface area contributed by atoms with E-state index in [1.54, 1.807) is 0 Å². The second-order valence-electron chi connectivity index (χ2n) is 5.66. The molecule has 2 rings (SSSR count). The number of hydrogen-bond acceptors (Lipinski definition) is 4. The zero-order chi connectivity index (χ0) is 16.9. The van der Waals surface area contributed by atoms with Crippen molar-refractivity contribution in [3.8, 4) is 5.75 Å². The Labute approximate surface area is 145 Å². The highest BCUT2D eigenvalue weighted by Crippen LogP contribution is 2.07. The van der Waals surface area contributed by atoms with Gasteiger partial charge in [0.05, 0.1) is 19.8 Å². The van der Waals surface area contributed by atoms with E-state index >= 15 is 0 Å². The normalized spacial score (nSPS) is 16.0. The van der Waals surface area contributed by atoms with Crippen molar-refractivity contribution in [2.75, 3.05) is 59.1 Å². The van der Waals surface area contributed by atoms with Crippen LogP contribution in [0.5, 0.6) is 5.75 Å². The lowest BCUT2D eigenvalue weighted by atomic mass is 10.3. The Balaban J connectivity index is 1.60. The largest absolute Gasteiger partial charge is 0.492 e. The maximum atomic E-state index is 5.68. The van der Waals surface area contributed by atoms with Crippen LogP contribution in [-0.2, 0) is 4.74 Å². The fourth-order valence-corrected chi connectivity index (χ4v) is 2.51. The number of morpholine rings is 1. The van der Waals surface area contributed by atoms with Gasteiger partial charge in [0.1, 0.15) is 12.4 Å². The quantitative estimate of drug-likeness (QED) is 0.405. The molecule has 24 heavy (non-hydrogen) atoms. The minimum absolute atomic E-state index is 0.613. The summed E-state index contributed by atoms with van der Waals surface area (Å²) in [7, 11) is 0. The zero-order valence-corrected chi connectivity index (χ0v) is 14.7. The van der Waals surface area contributed by atoms with E-state index in [9.17, 15) is 0 Å². The summed E-state index contributed by atoms with van der Waals surface area (Å²) in [6.07, 6.45) is 1.07. The van der Waals surface area contributed by atoms with Crippen molar-refractivity contribution >= 4 is 5.96 Å². The fraction of sp³-hybridized carbons (Fsp3) is 0.611. The monoisotopic (exact) mass is 334 g/mol. The summed E-state index contributed by atoms with van der Waals surface area (Å²) < 4.78 is 11.0. The highest BCUT2D eigenvalue weighted by Gasteiger charge is 2.08.